The predicted molar refractivity (Wildman–Crippen MR) is 102 cm³/mol. The quantitative estimate of drug-likeness (QED) is 0.816. The lowest BCUT2D eigenvalue weighted by Crippen LogP contribution is -2.49. The van der Waals surface area contributed by atoms with Crippen LogP contribution in [0.5, 0.6) is 0 Å². The van der Waals surface area contributed by atoms with Gasteiger partial charge in [-0.25, -0.2) is 17.2 Å². The molecule has 2 amide bonds. The molecule has 0 saturated carbocycles. The average molecular weight is 423 g/mol. The lowest BCUT2D eigenvalue weighted by molar-refractivity contribution is -0.129. The number of nitrogens with one attached hydrogen (secondary N) is 1. The maximum atomic E-state index is 13.7. The zero-order chi connectivity index (χ0) is 21.2. The van der Waals surface area contributed by atoms with Crippen molar-refractivity contribution in [1.29, 1.82) is 0 Å². The lowest BCUT2D eigenvalue weighted by Gasteiger charge is -2.33. The fourth-order valence-corrected chi connectivity index (χ4v) is 4.45. The van der Waals surface area contributed by atoms with Crippen LogP contribution < -0.4 is 5.32 Å². The Morgan fingerprint density at radius 3 is 2.34 bits per heavy atom. The largest absolute Gasteiger partial charge is 0.340 e. The fraction of sp³-hybridized carbons (Fsp3) is 0.263. The molecule has 1 saturated heterocycles. The van der Waals surface area contributed by atoms with Crippen molar-refractivity contribution in [3.8, 4) is 0 Å². The van der Waals surface area contributed by atoms with Crippen molar-refractivity contribution in [3.63, 3.8) is 0 Å². The molecule has 1 aliphatic heterocycles. The SMILES string of the molecule is CC(=O)N1CCN(S(=O)(=O)c2cccc(C(=O)Nc3cc(F)ccc3F)c2)CC1. The number of benzene rings is 2. The van der Waals surface area contributed by atoms with E-state index in [0.29, 0.717) is 0 Å². The third-order valence-corrected chi connectivity index (χ3v) is 6.49. The van der Waals surface area contributed by atoms with Crippen LogP contribution in [0.4, 0.5) is 14.5 Å². The standard InChI is InChI=1S/C19H19F2N3O4S/c1-13(25)23-7-9-24(10-8-23)29(27,28)16-4-2-3-14(11-16)19(26)22-18-12-15(20)5-6-17(18)21/h2-6,11-12H,7-10H2,1H3,(H,22,26). The number of sulfonamides is 1. The zero-order valence-electron chi connectivity index (χ0n) is 15.6. The maximum absolute atomic E-state index is 13.7. The second kappa shape index (κ2) is 8.26. The van der Waals surface area contributed by atoms with E-state index in [2.05, 4.69) is 5.32 Å². The average Bonchev–Trinajstić information content (AvgIpc) is 2.71. The van der Waals surface area contributed by atoms with Crippen molar-refractivity contribution in [3.05, 3.63) is 59.7 Å². The zero-order valence-corrected chi connectivity index (χ0v) is 16.4. The molecule has 10 heteroatoms. The Morgan fingerprint density at radius 1 is 1.00 bits per heavy atom. The molecule has 29 heavy (non-hydrogen) atoms. The summed E-state index contributed by atoms with van der Waals surface area (Å²) in [5, 5.41) is 2.24. The van der Waals surface area contributed by atoms with Gasteiger partial charge in [0, 0.05) is 44.7 Å². The molecule has 7 nitrogen and oxygen atoms in total. The third-order valence-electron chi connectivity index (χ3n) is 4.59. The highest BCUT2D eigenvalue weighted by molar-refractivity contribution is 7.89. The molecule has 0 aliphatic carbocycles. The molecule has 0 bridgehead atoms. The van der Waals surface area contributed by atoms with Gasteiger partial charge >= 0.3 is 0 Å². The van der Waals surface area contributed by atoms with Gasteiger partial charge in [0.05, 0.1) is 10.6 Å². The summed E-state index contributed by atoms with van der Waals surface area (Å²) in [7, 11) is -3.87. The van der Waals surface area contributed by atoms with Gasteiger partial charge in [-0.1, -0.05) is 6.07 Å². The number of nitrogens with zero attached hydrogens (tertiary/aromatic N) is 2. The summed E-state index contributed by atoms with van der Waals surface area (Å²) >= 11 is 0. The molecular weight excluding hydrogens is 404 g/mol. The molecular formula is C19H19F2N3O4S. The highest BCUT2D eigenvalue weighted by Crippen LogP contribution is 2.21. The van der Waals surface area contributed by atoms with Gasteiger partial charge in [-0.15, -0.1) is 0 Å². The van der Waals surface area contributed by atoms with Gasteiger partial charge < -0.3 is 10.2 Å². The van der Waals surface area contributed by atoms with Crippen LogP contribution in [0.1, 0.15) is 17.3 Å². The fourth-order valence-electron chi connectivity index (χ4n) is 2.98. The topological polar surface area (TPSA) is 86.8 Å². The summed E-state index contributed by atoms with van der Waals surface area (Å²) in [4.78, 5) is 25.3. The molecule has 2 aromatic carbocycles. The maximum Gasteiger partial charge on any atom is 0.255 e. The Kier molecular flexibility index (Phi) is 5.94. The molecule has 3 rings (SSSR count). The first-order valence-electron chi connectivity index (χ1n) is 8.80. The van der Waals surface area contributed by atoms with Crippen LogP contribution in [0.2, 0.25) is 0 Å². The molecule has 1 aliphatic rings. The van der Waals surface area contributed by atoms with Gasteiger partial charge in [-0.3, -0.25) is 9.59 Å². The second-order valence-corrected chi connectivity index (χ2v) is 8.45. The first-order chi connectivity index (χ1) is 13.7. The van der Waals surface area contributed by atoms with E-state index in [9.17, 15) is 26.8 Å². The van der Waals surface area contributed by atoms with Crippen molar-refractivity contribution in [2.45, 2.75) is 11.8 Å². The van der Waals surface area contributed by atoms with E-state index >= 15 is 0 Å². The smallest absolute Gasteiger partial charge is 0.255 e. The molecule has 1 heterocycles. The Hall–Kier alpha value is -2.85. The van der Waals surface area contributed by atoms with Crippen LogP contribution >= 0.6 is 0 Å². The van der Waals surface area contributed by atoms with Gasteiger partial charge in [0.1, 0.15) is 11.6 Å². The van der Waals surface area contributed by atoms with Gasteiger partial charge in [-0.2, -0.15) is 4.31 Å². The van der Waals surface area contributed by atoms with Crippen LogP contribution in [0, 0.1) is 11.6 Å². The Bertz CT molecular complexity index is 1050. The van der Waals surface area contributed by atoms with Crippen molar-refractivity contribution in [2.75, 3.05) is 31.5 Å². The minimum atomic E-state index is -3.87. The first-order valence-corrected chi connectivity index (χ1v) is 10.2. The van der Waals surface area contributed by atoms with Gasteiger partial charge in [0.25, 0.3) is 5.91 Å². The highest BCUT2D eigenvalue weighted by atomic mass is 32.2. The number of carbonyl (C=O) groups is 2. The summed E-state index contributed by atoms with van der Waals surface area (Å²) in [6, 6.07) is 7.94. The van der Waals surface area contributed by atoms with E-state index in [1.165, 1.54) is 35.5 Å². The van der Waals surface area contributed by atoms with Gasteiger partial charge in [0.2, 0.25) is 15.9 Å². The molecule has 0 aromatic heterocycles. The molecule has 0 spiro atoms. The highest BCUT2D eigenvalue weighted by Gasteiger charge is 2.29. The number of carbonyl (C=O) groups excluding carboxylic acids is 2. The third kappa shape index (κ3) is 4.60. The number of halogens is 2. The van der Waals surface area contributed by atoms with Crippen LogP contribution in [0.25, 0.3) is 0 Å². The summed E-state index contributed by atoms with van der Waals surface area (Å²) in [6.45, 7) is 2.29. The molecule has 154 valence electrons. The van der Waals surface area contributed by atoms with Crippen molar-refractivity contribution < 1.29 is 26.8 Å². The van der Waals surface area contributed by atoms with Crippen molar-refractivity contribution in [1.82, 2.24) is 9.21 Å². The minimum Gasteiger partial charge on any atom is -0.340 e. The molecule has 2 aromatic rings. The van der Waals surface area contributed by atoms with Gasteiger partial charge in [-0.05, 0) is 30.3 Å². The minimum absolute atomic E-state index is 0.0166. The van der Waals surface area contributed by atoms with E-state index in [1.807, 2.05) is 0 Å². The number of hydrogen-bond acceptors (Lipinski definition) is 4. The van der Waals surface area contributed by atoms with E-state index < -0.39 is 27.6 Å². The van der Waals surface area contributed by atoms with Crippen LogP contribution in [0.15, 0.2) is 47.4 Å². The van der Waals surface area contributed by atoms with E-state index in [4.69, 9.17) is 0 Å². The van der Waals surface area contributed by atoms with E-state index in [-0.39, 0.29) is 48.2 Å². The lowest BCUT2D eigenvalue weighted by atomic mass is 10.2. The monoisotopic (exact) mass is 423 g/mol. The molecule has 1 N–H and O–H groups in total. The van der Waals surface area contributed by atoms with Crippen molar-refractivity contribution in [2.24, 2.45) is 0 Å². The second-order valence-electron chi connectivity index (χ2n) is 6.52. The summed E-state index contributed by atoms with van der Waals surface area (Å²) in [5.74, 6) is -2.42. The number of hydrogen-bond donors (Lipinski definition) is 1. The molecule has 0 radical (unpaired) electrons. The Labute approximate surface area is 167 Å². The van der Waals surface area contributed by atoms with Crippen LogP contribution in [0.3, 0.4) is 0 Å². The Balaban J connectivity index is 1.79. The molecule has 0 unspecified atom stereocenters. The summed E-state index contributed by atoms with van der Waals surface area (Å²) in [5.41, 5.74) is -0.360. The number of rotatable bonds is 4. The number of anilines is 1. The van der Waals surface area contributed by atoms with Crippen molar-refractivity contribution >= 4 is 27.5 Å². The molecule has 0 atom stereocenters. The number of amides is 2. The number of piperazine rings is 1. The Morgan fingerprint density at radius 2 is 1.69 bits per heavy atom. The van der Waals surface area contributed by atoms with Crippen LogP contribution in [-0.4, -0.2) is 55.6 Å². The van der Waals surface area contributed by atoms with E-state index in [1.54, 1.807) is 4.90 Å². The van der Waals surface area contributed by atoms with E-state index in [0.717, 1.165) is 18.2 Å². The normalized spacial score (nSPS) is 15.2. The summed E-state index contributed by atoms with van der Waals surface area (Å²) in [6.07, 6.45) is 0. The van der Waals surface area contributed by atoms with Crippen LogP contribution in [-0.2, 0) is 14.8 Å². The summed E-state index contributed by atoms with van der Waals surface area (Å²) < 4.78 is 54.0. The predicted octanol–water partition coefficient (Wildman–Crippen LogP) is 2.07. The van der Waals surface area contributed by atoms with Gasteiger partial charge in [0.15, 0.2) is 0 Å². The first kappa shape index (κ1) is 20.9. The molecule has 1 fully saturated rings.